The van der Waals surface area contributed by atoms with Crippen molar-refractivity contribution in [3.63, 3.8) is 0 Å². The lowest BCUT2D eigenvalue weighted by atomic mass is 10.2. The number of rotatable bonds is 5. The first-order chi connectivity index (χ1) is 8.56. The van der Waals surface area contributed by atoms with Crippen LogP contribution in [0.5, 0.6) is 0 Å². The maximum Gasteiger partial charge on any atom is 0.237 e. The molecule has 1 heterocycles. The molecule has 1 amide bonds. The molecule has 1 aliphatic carbocycles. The van der Waals surface area contributed by atoms with Gasteiger partial charge in [-0.15, -0.1) is 0 Å². The highest BCUT2D eigenvalue weighted by molar-refractivity contribution is 5.81. The molecule has 0 aromatic carbocycles. The minimum Gasteiger partial charge on any atom is -0.352 e. The van der Waals surface area contributed by atoms with E-state index in [-0.39, 0.29) is 23.8 Å². The predicted molar refractivity (Wildman–Crippen MR) is 66.4 cm³/mol. The first-order valence-electron chi connectivity index (χ1n) is 6.24. The summed E-state index contributed by atoms with van der Waals surface area (Å²) in [5, 5.41) is 6.09. The summed E-state index contributed by atoms with van der Waals surface area (Å²) in [6, 6.07) is 2.98. The van der Waals surface area contributed by atoms with Crippen molar-refractivity contribution in [2.45, 2.75) is 44.8 Å². The summed E-state index contributed by atoms with van der Waals surface area (Å²) in [7, 11) is 0. The molecule has 1 aliphatic rings. The van der Waals surface area contributed by atoms with Gasteiger partial charge in [-0.05, 0) is 38.8 Å². The van der Waals surface area contributed by atoms with Crippen molar-refractivity contribution in [1.29, 1.82) is 0 Å². The summed E-state index contributed by atoms with van der Waals surface area (Å²) in [5.74, 6) is -0.350. The zero-order chi connectivity index (χ0) is 13.1. The molecule has 2 N–H and O–H groups in total. The second-order valence-electron chi connectivity index (χ2n) is 4.79. The highest BCUT2D eigenvalue weighted by Crippen LogP contribution is 2.19. The number of carbonyl (C=O) groups is 1. The third-order valence-electron chi connectivity index (χ3n) is 3.01. The molecule has 0 saturated heterocycles. The molecular formula is C13H18FN3O. The third-order valence-corrected chi connectivity index (χ3v) is 3.01. The minimum absolute atomic E-state index is 0.00598. The SMILES string of the molecule is CC(NC(C)c1ccc(F)cn1)C(=O)NC1CC1. The monoisotopic (exact) mass is 251 g/mol. The average molecular weight is 251 g/mol. The third kappa shape index (κ3) is 3.50. The second kappa shape index (κ2) is 5.44. The van der Waals surface area contributed by atoms with Crippen LogP contribution in [0.3, 0.4) is 0 Å². The van der Waals surface area contributed by atoms with E-state index < -0.39 is 0 Å². The Kier molecular flexibility index (Phi) is 3.91. The van der Waals surface area contributed by atoms with E-state index in [4.69, 9.17) is 0 Å². The van der Waals surface area contributed by atoms with Crippen molar-refractivity contribution in [1.82, 2.24) is 15.6 Å². The molecule has 4 nitrogen and oxygen atoms in total. The van der Waals surface area contributed by atoms with E-state index in [2.05, 4.69) is 15.6 Å². The topological polar surface area (TPSA) is 54.0 Å². The molecule has 18 heavy (non-hydrogen) atoms. The van der Waals surface area contributed by atoms with E-state index in [9.17, 15) is 9.18 Å². The van der Waals surface area contributed by atoms with Crippen LogP contribution in [0.25, 0.3) is 0 Å². The fourth-order valence-corrected chi connectivity index (χ4v) is 1.73. The number of nitrogens with one attached hydrogen (secondary N) is 2. The van der Waals surface area contributed by atoms with E-state index in [1.54, 1.807) is 6.07 Å². The standard InChI is InChI=1S/C13H18FN3O/c1-8(12-6-3-10(14)7-15-12)16-9(2)13(18)17-11-4-5-11/h3,6-9,11,16H,4-5H2,1-2H3,(H,17,18). The lowest BCUT2D eigenvalue weighted by molar-refractivity contribution is -0.123. The Morgan fingerprint density at radius 3 is 2.72 bits per heavy atom. The number of nitrogens with zero attached hydrogens (tertiary/aromatic N) is 1. The lowest BCUT2D eigenvalue weighted by Crippen LogP contribution is -2.44. The van der Waals surface area contributed by atoms with Gasteiger partial charge >= 0.3 is 0 Å². The Labute approximate surface area is 106 Å². The number of aromatic nitrogens is 1. The first-order valence-corrected chi connectivity index (χ1v) is 6.24. The number of carbonyl (C=O) groups excluding carboxylic acids is 1. The molecule has 1 aromatic rings. The van der Waals surface area contributed by atoms with E-state index in [1.165, 1.54) is 12.3 Å². The summed E-state index contributed by atoms with van der Waals surface area (Å²) < 4.78 is 12.7. The summed E-state index contributed by atoms with van der Waals surface area (Å²) >= 11 is 0. The Morgan fingerprint density at radius 2 is 2.17 bits per heavy atom. The van der Waals surface area contributed by atoms with Gasteiger partial charge in [-0.3, -0.25) is 15.1 Å². The van der Waals surface area contributed by atoms with E-state index in [0.29, 0.717) is 6.04 Å². The lowest BCUT2D eigenvalue weighted by Gasteiger charge is -2.19. The Bertz CT molecular complexity index is 417. The second-order valence-corrected chi connectivity index (χ2v) is 4.79. The molecule has 98 valence electrons. The maximum atomic E-state index is 12.7. The van der Waals surface area contributed by atoms with Crippen LogP contribution in [0.4, 0.5) is 4.39 Å². The number of hydrogen-bond donors (Lipinski definition) is 2. The van der Waals surface area contributed by atoms with Gasteiger partial charge in [0.25, 0.3) is 0 Å². The summed E-state index contributed by atoms with van der Waals surface area (Å²) in [6.45, 7) is 3.72. The van der Waals surface area contributed by atoms with Gasteiger partial charge in [-0.2, -0.15) is 0 Å². The highest BCUT2D eigenvalue weighted by atomic mass is 19.1. The molecule has 0 radical (unpaired) electrons. The van der Waals surface area contributed by atoms with Crippen LogP contribution < -0.4 is 10.6 Å². The summed E-state index contributed by atoms with van der Waals surface area (Å²) in [6.07, 6.45) is 3.34. The smallest absolute Gasteiger partial charge is 0.237 e. The summed E-state index contributed by atoms with van der Waals surface area (Å²) in [5.41, 5.74) is 0.725. The van der Waals surface area contributed by atoms with Crippen molar-refractivity contribution < 1.29 is 9.18 Å². The number of halogens is 1. The zero-order valence-electron chi connectivity index (χ0n) is 10.6. The fraction of sp³-hybridized carbons (Fsp3) is 0.538. The minimum atomic E-state index is -0.356. The molecule has 0 aliphatic heterocycles. The maximum absolute atomic E-state index is 12.7. The number of hydrogen-bond acceptors (Lipinski definition) is 3. The van der Waals surface area contributed by atoms with E-state index in [0.717, 1.165) is 18.5 Å². The van der Waals surface area contributed by atoms with Crippen molar-refractivity contribution in [3.8, 4) is 0 Å². The van der Waals surface area contributed by atoms with Gasteiger partial charge in [0.05, 0.1) is 17.9 Å². The van der Waals surface area contributed by atoms with Crippen LogP contribution in [-0.4, -0.2) is 23.0 Å². The van der Waals surface area contributed by atoms with Gasteiger partial charge in [0, 0.05) is 12.1 Å². The van der Waals surface area contributed by atoms with Crippen molar-refractivity contribution in [3.05, 3.63) is 29.8 Å². The van der Waals surface area contributed by atoms with Gasteiger partial charge in [-0.1, -0.05) is 0 Å². The molecule has 5 heteroatoms. The van der Waals surface area contributed by atoms with Crippen molar-refractivity contribution in [2.24, 2.45) is 0 Å². The highest BCUT2D eigenvalue weighted by Gasteiger charge is 2.26. The zero-order valence-corrected chi connectivity index (χ0v) is 10.6. The Morgan fingerprint density at radius 1 is 1.44 bits per heavy atom. The van der Waals surface area contributed by atoms with Crippen molar-refractivity contribution in [2.75, 3.05) is 0 Å². The van der Waals surface area contributed by atoms with Crippen LogP contribution in [-0.2, 0) is 4.79 Å². The fourth-order valence-electron chi connectivity index (χ4n) is 1.73. The van der Waals surface area contributed by atoms with Gasteiger partial charge in [0.15, 0.2) is 0 Å². The molecule has 1 fully saturated rings. The van der Waals surface area contributed by atoms with Gasteiger partial charge < -0.3 is 5.32 Å². The number of amides is 1. The summed E-state index contributed by atoms with van der Waals surface area (Å²) in [4.78, 5) is 15.8. The molecule has 2 atom stereocenters. The molecule has 1 saturated carbocycles. The predicted octanol–water partition coefficient (Wildman–Crippen LogP) is 1.54. The normalized spacial score (nSPS) is 18.2. The van der Waals surface area contributed by atoms with E-state index in [1.807, 2.05) is 13.8 Å². The quantitative estimate of drug-likeness (QED) is 0.834. The van der Waals surface area contributed by atoms with Crippen LogP contribution in [0.15, 0.2) is 18.3 Å². The van der Waals surface area contributed by atoms with Crippen LogP contribution >= 0.6 is 0 Å². The Balaban J connectivity index is 1.87. The van der Waals surface area contributed by atoms with Gasteiger partial charge in [-0.25, -0.2) is 4.39 Å². The molecule has 1 aromatic heterocycles. The molecule has 0 spiro atoms. The molecular weight excluding hydrogens is 233 g/mol. The largest absolute Gasteiger partial charge is 0.352 e. The molecule has 2 rings (SSSR count). The number of pyridine rings is 1. The van der Waals surface area contributed by atoms with Crippen LogP contribution in [0, 0.1) is 5.82 Å². The van der Waals surface area contributed by atoms with Crippen LogP contribution in [0.1, 0.15) is 38.4 Å². The van der Waals surface area contributed by atoms with Gasteiger partial charge in [0.2, 0.25) is 5.91 Å². The van der Waals surface area contributed by atoms with E-state index >= 15 is 0 Å². The average Bonchev–Trinajstić information content (AvgIpc) is 3.13. The van der Waals surface area contributed by atoms with Gasteiger partial charge in [0.1, 0.15) is 5.82 Å². The van der Waals surface area contributed by atoms with Crippen LogP contribution in [0.2, 0.25) is 0 Å². The first kappa shape index (κ1) is 13.0. The molecule has 0 bridgehead atoms. The van der Waals surface area contributed by atoms with Crippen molar-refractivity contribution >= 4 is 5.91 Å². The Hall–Kier alpha value is -1.49. The molecule has 2 unspecified atom stereocenters.